The van der Waals surface area contributed by atoms with Crippen molar-refractivity contribution in [3.05, 3.63) is 47.3 Å². The second kappa shape index (κ2) is 14.6. The van der Waals surface area contributed by atoms with Crippen molar-refractivity contribution < 1.29 is 0 Å². The number of nitrogens with zero attached hydrogens (tertiary/aromatic N) is 2. The zero-order chi connectivity index (χ0) is 19.1. The molecular formula is C22H39N3. The van der Waals surface area contributed by atoms with Crippen LogP contribution in [0.15, 0.2) is 31.1 Å². The number of allylic oxidation sites excluding steroid dienone is 1. The van der Waals surface area contributed by atoms with Crippen LogP contribution in [-0.2, 0) is 7.05 Å². The van der Waals surface area contributed by atoms with Crippen molar-refractivity contribution in [3.63, 3.8) is 0 Å². The monoisotopic (exact) mass is 345 g/mol. The molecule has 1 rings (SSSR count). The third kappa shape index (κ3) is 9.35. The Morgan fingerprint density at radius 1 is 1.28 bits per heavy atom. The van der Waals surface area contributed by atoms with E-state index in [9.17, 15) is 0 Å². The van der Waals surface area contributed by atoms with Gasteiger partial charge in [0.05, 0.1) is 0 Å². The van der Waals surface area contributed by atoms with Gasteiger partial charge in [-0.2, -0.15) is 0 Å². The van der Waals surface area contributed by atoms with Gasteiger partial charge in [-0.05, 0) is 75.8 Å². The largest absolute Gasteiger partial charge is 0.378 e. The van der Waals surface area contributed by atoms with Crippen LogP contribution in [0.2, 0.25) is 0 Å². The van der Waals surface area contributed by atoms with Crippen molar-refractivity contribution in [1.82, 2.24) is 14.8 Å². The number of hydrogen-bond donors (Lipinski definition) is 1. The average molecular weight is 346 g/mol. The van der Waals surface area contributed by atoms with E-state index in [1.807, 2.05) is 6.08 Å². The summed E-state index contributed by atoms with van der Waals surface area (Å²) in [6.45, 7) is 18.7. The molecule has 3 heteroatoms. The number of nitrogens with one attached hydrogen (secondary N) is 1. The van der Waals surface area contributed by atoms with E-state index in [2.05, 4.69) is 93.7 Å². The molecule has 142 valence electrons. The summed E-state index contributed by atoms with van der Waals surface area (Å²) in [6, 6.07) is 0. The number of aromatic nitrogens is 1. The summed E-state index contributed by atoms with van der Waals surface area (Å²) in [5.74, 6) is 0. The van der Waals surface area contributed by atoms with Crippen LogP contribution in [0.4, 0.5) is 0 Å². The van der Waals surface area contributed by atoms with Gasteiger partial charge in [-0.25, -0.2) is 0 Å². The molecule has 1 N–H and O–H groups in total. The summed E-state index contributed by atoms with van der Waals surface area (Å²) in [6.07, 6.45) is 15.1. The Morgan fingerprint density at radius 2 is 2.00 bits per heavy atom. The lowest BCUT2D eigenvalue weighted by molar-refractivity contribution is 0.396. The van der Waals surface area contributed by atoms with Gasteiger partial charge in [-0.15, -0.1) is 6.58 Å². The van der Waals surface area contributed by atoms with Gasteiger partial charge >= 0.3 is 0 Å². The standard InChI is InChI=1S/C16H26N2.C6H13N/c1-6-11-18(8-3)12-9-10-16-15(7-2)14(4)13-17(16)5;1-3-5-6-7-4-2/h7,9-10,12-13H,6,8,11H2,1-5H3;3,7H,1,4-6H2,2H3/b12-9+,15-7-,16-10+;. The van der Waals surface area contributed by atoms with Crippen LogP contribution >= 0.6 is 0 Å². The summed E-state index contributed by atoms with van der Waals surface area (Å²) in [7, 11) is 2.10. The maximum absolute atomic E-state index is 3.59. The summed E-state index contributed by atoms with van der Waals surface area (Å²) >= 11 is 0. The maximum atomic E-state index is 3.59. The molecule has 0 bridgehead atoms. The number of aryl methyl sites for hydroxylation is 2. The van der Waals surface area contributed by atoms with Crippen LogP contribution in [0.1, 0.15) is 46.1 Å². The molecule has 0 fully saturated rings. The fourth-order valence-corrected chi connectivity index (χ4v) is 2.67. The second-order valence-corrected chi connectivity index (χ2v) is 6.08. The van der Waals surface area contributed by atoms with E-state index in [1.165, 1.54) is 22.6 Å². The van der Waals surface area contributed by atoms with Gasteiger partial charge in [0.25, 0.3) is 0 Å². The van der Waals surface area contributed by atoms with E-state index in [4.69, 9.17) is 0 Å². The predicted octanol–water partition coefficient (Wildman–Crippen LogP) is 3.33. The van der Waals surface area contributed by atoms with E-state index in [1.54, 1.807) is 0 Å². The molecule has 0 atom stereocenters. The molecule has 0 unspecified atom stereocenters. The maximum Gasteiger partial charge on any atom is 0.0477 e. The first-order chi connectivity index (χ1) is 12.0. The average Bonchev–Trinajstić information content (AvgIpc) is 2.88. The van der Waals surface area contributed by atoms with Crippen molar-refractivity contribution in [2.24, 2.45) is 7.05 Å². The Kier molecular flexibility index (Phi) is 13.6. The van der Waals surface area contributed by atoms with Crippen molar-refractivity contribution in [3.8, 4) is 0 Å². The molecule has 3 nitrogen and oxygen atoms in total. The van der Waals surface area contributed by atoms with Gasteiger partial charge < -0.3 is 14.8 Å². The van der Waals surface area contributed by atoms with Crippen molar-refractivity contribution in [2.75, 3.05) is 26.2 Å². The predicted molar refractivity (Wildman–Crippen MR) is 114 cm³/mol. The Labute approximate surface area is 155 Å². The highest BCUT2D eigenvalue weighted by atomic mass is 15.1. The fraction of sp³-hybridized carbons (Fsp3) is 0.545. The van der Waals surface area contributed by atoms with Crippen molar-refractivity contribution in [2.45, 2.75) is 47.5 Å². The molecule has 0 aliphatic heterocycles. The number of rotatable bonds is 9. The third-order valence-electron chi connectivity index (χ3n) is 4.00. The van der Waals surface area contributed by atoms with Crippen LogP contribution in [0.5, 0.6) is 0 Å². The SMILES string of the molecule is C/C=c1/c(C)cn(C)/c1=C/C=C/N(CC)CCC.C=CCCNCC. The first kappa shape index (κ1) is 23.3. The smallest absolute Gasteiger partial charge is 0.0477 e. The topological polar surface area (TPSA) is 20.2 Å². The molecule has 1 aromatic rings. The van der Waals surface area contributed by atoms with Crippen LogP contribution in [0.3, 0.4) is 0 Å². The molecule has 0 radical (unpaired) electrons. The highest BCUT2D eigenvalue weighted by Gasteiger charge is 1.95. The van der Waals surface area contributed by atoms with Crippen molar-refractivity contribution >= 4 is 12.2 Å². The molecule has 1 aromatic heterocycles. The Hall–Kier alpha value is -1.74. The van der Waals surface area contributed by atoms with Gasteiger partial charge in [-0.1, -0.05) is 26.0 Å². The van der Waals surface area contributed by atoms with Gasteiger partial charge in [0, 0.05) is 31.7 Å². The minimum atomic E-state index is 1.06. The summed E-state index contributed by atoms with van der Waals surface area (Å²) in [4.78, 5) is 2.33. The molecule has 25 heavy (non-hydrogen) atoms. The quantitative estimate of drug-likeness (QED) is 0.547. The van der Waals surface area contributed by atoms with Gasteiger partial charge in [0.1, 0.15) is 0 Å². The zero-order valence-electron chi connectivity index (χ0n) is 17.3. The third-order valence-corrected chi connectivity index (χ3v) is 4.00. The minimum Gasteiger partial charge on any atom is -0.378 e. The lowest BCUT2D eigenvalue weighted by Crippen LogP contribution is -2.28. The molecule has 0 aromatic carbocycles. The van der Waals surface area contributed by atoms with E-state index >= 15 is 0 Å². The fourth-order valence-electron chi connectivity index (χ4n) is 2.67. The molecule has 0 spiro atoms. The molecule has 0 saturated carbocycles. The first-order valence-electron chi connectivity index (χ1n) is 9.57. The Bertz CT molecular complexity index is 608. The van der Waals surface area contributed by atoms with Crippen LogP contribution < -0.4 is 15.9 Å². The van der Waals surface area contributed by atoms with Gasteiger partial charge in [0.2, 0.25) is 0 Å². The molecule has 0 amide bonds. The minimum absolute atomic E-state index is 1.06. The lowest BCUT2D eigenvalue weighted by atomic mass is 10.2. The summed E-state index contributed by atoms with van der Waals surface area (Å²) in [5.41, 5.74) is 1.33. The summed E-state index contributed by atoms with van der Waals surface area (Å²) < 4.78 is 2.19. The van der Waals surface area contributed by atoms with Crippen LogP contribution in [-0.4, -0.2) is 35.6 Å². The first-order valence-corrected chi connectivity index (χ1v) is 9.57. The molecule has 0 aliphatic carbocycles. The highest BCUT2D eigenvalue weighted by molar-refractivity contribution is 5.39. The van der Waals surface area contributed by atoms with E-state index in [0.29, 0.717) is 0 Å². The van der Waals surface area contributed by atoms with Crippen LogP contribution in [0, 0.1) is 6.92 Å². The highest BCUT2D eigenvalue weighted by Crippen LogP contribution is 1.92. The van der Waals surface area contributed by atoms with Crippen LogP contribution in [0.25, 0.3) is 12.2 Å². The van der Waals surface area contributed by atoms with Gasteiger partial charge in [-0.3, -0.25) is 0 Å². The Balaban J connectivity index is 0.000000697. The number of hydrogen-bond acceptors (Lipinski definition) is 2. The molecule has 0 saturated heterocycles. The van der Waals surface area contributed by atoms with E-state index in [0.717, 1.165) is 32.6 Å². The Morgan fingerprint density at radius 3 is 2.52 bits per heavy atom. The summed E-state index contributed by atoms with van der Waals surface area (Å²) in [5, 5.41) is 5.79. The molecule has 0 aliphatic rings. The van der Waals surface area contributed by atoms with E-state index < -0.39 is 0 Å². The van der Waals surface area contributed by atoms with Crippen molar-refractivity contribution in [1.29, 1.82) is 0 Å². The zero-order valence-corrected chi connectivity index (χ0v) is 17.3. The molecule has 1 heterocycles. The second-order valence-electron chi connectivity index (χ2n) is 6.08. The van der Waals surface area contributed by atoms with E-state index in [-0.39, 0.29) is 0 Å². The molecular weight excluding hydrogens is 306 g/mol. The lowest BCUT2D eigenvalue weighted by Gasteiger charge is -2.15. The van der Waals surface area contributed by atoms with Gasteiger partial charge in [0.15, 0.2) is 0 Å². The normalized spacial score (nSPS) is 12.4.